The van der Waals surface area contributed by atoms with Crippen molar-refractivity contribution >= 4 is 23.3 Å². The average molecular weight is 341 g/mol. The van der Waals surface area contributed by atoms with Gasteiger partial charge < -0.3 is 20.1 Å². The van der Waals surface area contributed by atoms with Gasteiger partial charge in [0.1, 0.15) is 11.6 Å². The molecule has 7 heteroatoms. The number of fused-ring (bicyclic) bond motifs is 1. The van der Waals surface area contributed by atoms with Gasteiger partial charge >= 0.3 is 0 Å². The Morgan fingerprint density at radius 2 is 1.92 bits per heavy atom. The quantitative estimate of drug-likeness (QED) is 0.871. The first kappa shape index (κ1) is 17.2. The lowest BCUT2D eigenvalue weighted by Gasteiger charge is -2.16. The predicted molar refractivity (Wildman–Crippen MR) is 96.7 cm³/mol. The van der Waals surface area contributed by atoms with E-state index in [1.165, 1.54) is 0 Å². The molecule has 25 heavy (non-hydrogen) atoms. The van der Waals surface area contributed by atoms with Gasteiger partial charge in [-0.3, -0.25) is 9.59 Å². The number of carbonyl (C=O) groups is 2. The van der Waals surface area contributed by atoms with Crippen molar-refractivity contribution in [2.24, 2.45) is 0 Å². The van der Waals surface area contributed by atoms with Crippen molar-refractivity contribution in [2.45, 2.75) is 25.8 Å². The van der Waals surface area contributed by atoms with Gasteiger partial charge in [-0.05, 0) is 51.2 Å². The largest absolute Gasteiger partial charge is 0.325 e. The van der Waals surface area contributed by atoms with Gasteiger partial charge in [-0.25, -0.2) is 4.98 Å². The molecule has 1 aliphatic rings. The number of aromatic nitrogens is 2. The average Bonchev–Trinajstić information content (AvgIpc) is 2.98. The van der Waals surface area contributed by atoms with Crippen LogP contribution < -0.4 is 10.6 Å². The molecule has 1 aromatic heterocycles. The van der Waals surface area contributed by atoms with E-state index in [-0.39, 0.29) is 11.8 Å². The highest BCUT2D eigenvalue weighted by Gasteiger charge is 2.16. The molecule has 3 rings (SSSR count). The van der Waals surface area contributed by atoms with Crippen molar-refractivity contribution < 1.29 is 9.59 Å². The van der Waals surface area contributed by atoms with Crippen LogP contribution in [0.15, 0.2) is 30.5 Å². The summed E-state index contributed by atoms with van der Waals surface area (Å²) in [6.45, 7) is 1.20. The van der Waals surface area contributed by atoms with Crippen LogP contribution in [0.5, 0.6) is 0 Å². The maximum Gasteiger partial charge on any atom is 0.256 e. The zero-order valence-electron chi connectivity index (χ0n) is 14.6. The highest BCUT2D eigenvalue weighted by Crippen LogP contribution is 2.20. The van der Waals surface area contributed by atoms with E-state index in [4.69, 9.17) is 0 Å². The van der Waals surface area contributed by atoms with E-state index in [2.05, 4.69) is 20.2 Å². The standard InChI is InChI=1S/C18H23N5O2/c1-22(2)12-17(24)20-14-8-6-13(7-9-14)18(25)21-16-11-19-15-5-3-4-10-23(15)16/h6-9,11H,3-5,10,12H2,1-2H3,(H,20,24)(H,21,25). The minimum atomic E-state index is -0.181. The maximum absolute atomic E-state index is 12.4. The fourth-order valence-corrected chi connectivity index (χ4v) is 2.90. The van der Waals surface area contributed by atoms with Gasteiger partial charge in [0.05, 0.1) is 12.7 Å². The van der Waals surface area contributed by atoms with Crippen LogP contribution in [0.1, 0.15) is 29.0 Å². The smallest absolute Gasteiger partial charge is 0.256 e. The van der Waals surface area contributed by atoms with E-state index >= 15 is 0 Å². The van der Waals surface area contributed by atoms with Gasteiger partial charge in [-0.15, -0.1) is 0 Å². The van der Waals surface area contributed by atoms with Crippen molar-refractivity contribution in [1.29, 1.82) is 0 Å². The molecule has 0 radical (unpaired) electrons. The number of hydrogen-bond acceptors (Lipinski definition) is 4. The molecule has 0 aliphatic carbocycles. The Hall–Kier alpha value is -2.67. The second-order valence-electron chi connectivity index (χ2n) is 6.49. The van der Waals surface area contributed by atoms with Crippen molar-refractivity contribution in [3.05, 3.63) is 41.9 Å². The van der Waals surface area contributed by atoms with Gasteiger partial charge in [0.25, 0.3) is 5.91 Å². The van der Waals surface area contributed by atoms with Crippen LogP contribution >= 0.6 is 0 Å². The Balaban J connectivity index is 1.63. The van der Waals surface area contributed by atoms with Crippen LogP contribution in [0.4, 0.5) is 11.5 Å². The minimum absolute atomic E-state index is 0.0897. The summed E-state index contributed by atoms with van der Waals surface area (Å²) in [4.78, 5) is 30.3. The molecule has 0 atom stereocenters. The summed E-state index contributed by atoms with van der Waals surface area (Å²) in [5, 5.41) is 5.72. The number of aryl methyl sites for hydroxylation is 1. The Kier molecular flexibility index (Phi) is 5.14. The first-order chi connectivity index (χ1) is 12.0. The molecule has 2 amide bonds. The molecule has 2 heterocycles. The van der Waals surface area contributed by atoms with Crippen LogP contribution in [0.25, 0.3) is 0 Å². The number of rotatable bonds is 5. The lowest BCUT2D eigenvalue weighted by molar-refractivity contribution is -0.116. The summed E-state index contributed by atoms with van der Waals surface area (Å²) in [7, 11) is 3.67. The summed E-state index contributed by atoms with van der Waals surface area (Å²) < 4.78 is 2.07. The third-order valence-corrected chi connectivity index (χ3v) is 4.10. The Morgan fingerprint density at radius 1 is 1.16 bits per heavy atom. The number of hydrogen-bond donors (Lipinski definition) is 2. The fourth-order valence-electron chi connectivity index (χ4n) is 2.90. The third-order valence-electron chi connectivity index (χ3n) is 4.10. The lowest BCUT2D eigenvalue weighted by atomic mass is 10.1. The normalized spacial score (nSPS) is 13.4. The Morgan fingerprint density at radius 3 is 2.64 bits per heavy atom. The molecular weight excluding hydrogens is 318 g/mol. The molecule has 0 saturated carbocycles. The summed E-state index contributed by atoms with van der Waals surface area (Å²) in [6.07, 6.45) is 4.92. The minimum Gasteiger partial charge on any atom is -0.325 e. The van der Waals surface area contributed by atoms with Gasteiger partial charge in [0, 0.05) is 24.2 Å². The van der Waals surface area contributed by atoms with Crippen LogP contribution in [0.3, 0.4) is 0 Å². The van der Waals surface area contributed by atoms with Gasteiger partial charge in [0.15, 0.2) is 0 Å². The van der Waals surface area contributed by atoms with Crippen molar-refractivity contribution in [1.82, 2.24) is 14.5 Å². The third kappa shape index (κ3) is 4.24. The molecule has 2 N–H and O–H groups in total. The predicted octanol–water partition coefficient (Wildman–Crippen LogP) is 1.97. The van der Waals surface area contributed by atoms with E-state index in [9.17, 15) is 9.59 Å². The SMILES string of the molecule is CN(C)CC(=O)Nc1ccc(C(=O)Nc2cnc3n2CCCC3)cc1. The Labute approximate surface area is 147 Å². The number of nitrogens with zero attached hydrogens (tertiary/aromatic N) is 3. The van der Waals surface area contributed by atoms with Gasteiger partial charge in [0.2, 0.25) is 5.91 Å². The fraction of sp³-hybridized carbons (Fsp3) is 0.389. The number of amides is 2. The highest BCUT2D eigenvalue weighted by atomic mass is 16.2. The number of carbonyl (C=O) groups excluding carboxylic acids is 2. The van der Waals surface area contributed by atoms with Crippen LogP contribution in [0, 0.1) is 0 Å². The molecule has 132 valence electrons. The first-order valence-corrected chi connectivity index (χ1v) is 8.43. The zero-order chi connectivity index (χ0) is 17.8. The molecule has 1 aromatic carbocycles. The lowest BCUT2D eigenvalue weighted by Crippen LogP contribution is -2.27. The van der Waals surface area contributed by atoms with Crippen molar-refractivity contribution in [3.63, 3.8) is 0 Å². The zero-order valence-corrected chi connectivity index (χ0v) is 14.6. The van der Waals surface area contributed by atoms with E-state index in [0.717, 1.165) is 37.4 Å². The van der Waals surface area contributed by atoms with E-state index in [1.807, 2.05) is 14.1 Å². The highest BCUT2D eigenvalue weighted by molar-refractivity contribution is 6.04. The van der Waals surface area contributed by atoms with E-state index in [0.29, 0.717) is 17.8 Å². The summed E-state index contributed by atoms with van der Waals surface area (Å²) in [5.74, 6) is 1.50. The van der Waals surface area contributed by atoms with Crippen LogP contribution in [0.2, 0.25) is 0 Å². The number of benzene rings is 1. The molecule has 0 fully saturated rings. The van der Waals surface area contributed by atoms with E-state index in [1.54, 1.807) is 35.4 Å². The molecule has 2 aromatic rings. The summed E-state index contributed by atoms with van der Waals surface area (Å²) in [5.41, 5.74) is 1.21. The second kappa shape index (κ2) is 7.48. The number of nitrogens with one attached hydrogen (secondary N) is 2. The molecule has 0 unspecified atom stereocenters. The molecule has 0 bridgehead atoms. The second-order valence-corrected chi connectivity index (χ2v) is 6.49. The topological polar surface area (TPSA) is 79.3 Å². The molecule has 1 aliphatic heterocycles. The van der Waals surface area contributed by atoms with E-state index < -0.39 is 0 Å². The summed E-state index contributed by atoms with van der Waals surface area (Å²) >= 11 is 0. The molecule has 7 nitrogen and oxygen atoms in total. The van der Waals surface area contributed by atoms with Crippen molar-refractivity contribution in [3.8, 4) is 0 Å². The first-order valence-electron chi connectivity index (χ1n) is 8.43. The van der Waals surface area contributed by atoms with Crippen molar-refractivity contribution in [2.75, 3.05) is 31.3 Å². The molecule has 0 saturated heterocycles. The maximum atomic E-state index is 12.4. The van der Waals surface area contributed by atoms with Crippen LogP contribution in [-0.4, -0.2) is 46.9 Å². The molecule has 0 spiro atoms. The van der Waals surface area contributed by atoms with Crippen LogP contribution in [-0.2, 0) is 17.8 Å². The summed E-state index contributed by atoms with van der Waals surface area (Å²) in [6, 6.07) is 6.87. The molecular formula is C18H23N5O2. The monoisotopic (exact) mass is 341 g/mol. The number of anilines is 2. The van der Waals surface area contributed by atoms with Gasteiger partial charge in [-0.1, -0.05) is 0 Å². The Bertz CT molecular complexity index is 764. The number of imidazole rings is 1. The number of likely N-dealkylation sites (N-methyl/N-ethyl adjacent to an activating group) is 1. The van der Waals surface area contributed by atoms with Gasteiger partial charge in [-0.2, -0.15) is 0 Å².